The lowest BCUT2D eigenvalue weighted by molar-refractivity contribution is 0.0937. The van der Waals surface area contributed by atoms with Crippen molar-refractivity contribution in [2.75, 3.05) is 21.3 Å². The van der Waals surface area contributed by atoms with Crippen LogP contribution in [-0.4, -0.2) is 36.8 Å². The van der Waals surface area contributed by atoms with Crippen LogP contribution in [0.5, 0.6) is 17.2 Å². The first kappa shape index (κ1) is 20.2. The van der Waals surface area contributed by atoms with Gasteiger partial charge in [-0.05, 0) is 17.7 Å². The summed E-state index contributed by atoms with van der Waals surface area (Å²) in [6, 6.07) is 8.47. The second-order valence-corrected chi connectivity index (χ2v) is 6.27. The smallest absolute Gasteiger partial charge is 0.256 e. The maximum absolute atomic E-state index is 13.8. The van der Waals surface area contributed by atoms with Gasteiger partial charge in [0.2, 0.25) is 0 Å². The fraction of sp³-hybridized carbons (Fsp3) is 0.238. The van der Waals surface area contributed by atoms with Crippen LogP contribution in [0, 0.1) is 5.82 Å². The quantitative estimate of drug-likeness (QED) is 0.661. The van der Waals surface area contributed by atoms with E-state index in [1.165, 1.54) is 39.5 Å². The van der Waals surface area contributed by atoms with Gasteiger partial charge in [0.05, 0.1) is 26.9 Å². The minimum atomic E-state index is -0.670. The molecule has 1 heterocycles. The summed E-state index contributed by atoms with van der Waals surface area (Å²) in [4.78, 5) is 17.5. The predicted octanol–water partition coefficient (Wildman–Crippen LogP) is 3.10. The zero-order valence-electron chi connectivity index (χ0n) is 16.6. The first-order chi connectivity index (χ1) is 14.0. The first-order valence-electron chi connectivity index (χ1n) is 8.82. The SMILES string of the molecule is COc1cc(OC)c(C(=O)NC(c2cccc(F)c2)c2nccn2C)cc1OC. The van der Waals surface area contributed by atoms with Gasteiger partial charge in [0, 0.05) is 31.6 Å². The van der Waals surface area contributed by atoms with Crippen molar-refractivity contribution in [2.45, 2.75) is 6.04 Å². The molecule has 0 aliphatic heterocycles. The molecule has 0 aliphatic rings. The summed E-state index contributed by atoms with van der Waals surface area (Å²) in [5.41, 5.74) is 0.813. The minimum Gasteiger partial charge on any atom is -0.496 e. The number of hydrogen-bond acceptors (Lipinski definition) is 5. The Morgan fingerprint density at radius 2 is 1.76 bits per heavy atom. The molecule has 0 saturated carbocycles. The molecule has 1 aromatic heterocycles. The van der Waals surface area contributed by atoms with Crippen molar-refractivity contribution in [1.82, 2.24) is 14.9 Å². The van der Waals surface area contributed by atoms with E-state index in [0.29, 0.717) is 28.6 Å². The molecule has 152 valence electrons. The molecule has 0 radical (unpaired) electrons. The maximum atomic E-state index is 13.8. The van der Waals surface area contributed by atoms with Crippen molar-refractivity contribution in [3.63, 3.8) is 0 Å². The van der Waals surface area contributed by atoms with Crippen molar-refractivity contribution in [2.24, 2.45) is 7.05 Å². The van der Waals surface area contributed by atoms with Gasteiger partial charge in [-0.1, -0.05) is 12.1 Å². The van der Waals surface area contributed by atoms with Gasteiger partial charge in [-0.15, -0.1) is 0 Å². The summed E-state index contributed by atoms with van der Waals surface area (Å²) in [5, 5.41) is 2.92. The zero-order valence-corrected chi connectivity index (χ0v) is 16.6. The Balaban J connectivity index is 2.02. The summed E-state index contributed by atoms with van der Waals surface area (Å²) >= 11 is 0. The van der Waals surface area contributed by atoms with Crippen LogP contribution in [0.15, 0.2) is 48.8 Å². The number of carbonyl (C=O) groups excluding carboxylic acids is 1. The average Bonchev–Trinajstić information content (AvgIpc) is 3.16. The largest absolute Gasteiger partial charge is 0.496 e. The van der Waals surface area contributed by atoms with Gasteiger partial charge in [0.15, 0.2) is 11.5 Å². The Morgan fingerprint density at radius 1 is 1.07 bits per heavy atom. The second-order valence-electron chi connectivity index (χ2n) is 6.27. The summed E-state index contributed by atoms with van der Waals surface area (Å²) in [6.07, 6.45) is 3.37. The number of aromatic nitrogens is 2. The molecular formula is C21H22FN3O4. The van der Waals surface area contributed by atoms with Gasteiger partial charge in [0.1, 0.15) is 23.4 Å². The topological polar surface area (TPSA) is 74.6 Å². The van der Waals surface area contributed by atoms with Crippen molar-refractivity contribution in [1.29, 1.82) is 0 Å². The number of nitrogens with one attached hydrogen (secondary N) is 1. The third kappa shape index (κ3) is 4.16. The number of imidazole rings is 1. The highest BCUT2D eigenvalue weighted by molar-refractivity contribution is 5.98. The van der Waals surface area contributed by atoms with E-state index in [-0.39, 0.29) is 5.56 Å². The van der Waals surface area contributed by atoms with Crippen LogP contribution in [0.1, 0.15) is 27.8 Å². The third-order valence-electron chi connectivity index (χ3n) is 4.52. The van der Waals surface area contributed by atoms with Crippen LogP contribution >= 0.6 is 0 Å². The molecule has 2 aromatic carbocycles. The lowest BCUT2D eigenvalue weighted by atomic mass is 10.0. The van der Waals surface area contributed by atoms with Crippen molar-refractivity contribution in [3.05, 3.63) is 71.6 Å². The molecule has 0 saturated heterocycles. The number of nitrogens with zero attached hydrogens (tertiary/aromatic N) is 2. The first-order valence-corrected chi connectivity index (χ1v) is 8.82. The van der Waals surface area contributed by atoms with Crippen LogP contribution in [-0.2, 0) is 7.05 Å². The van der Waals surface area contributed by atoms with E-state index >= 15 is 0 Å². The molecule has 3 aromatic rings. The normalized spacial score (nSPS) is 11.6. The van der Waals surface area contributed by atoms with E-state index in [2.05, 4.69) is 10.3 Å². The Labute approximate surface area is 168 Å². The number of aryl methyl sites for hydroxylation is 1. The Morgan fingerprint density at radius 3 is 2.34 bits per heavy atom. The van der Waals surface area contributed by atoms with E-state index in [9.17, 15) is 9.18 Å². The Hall–Kier alpha value is -3.55. The van der Waals surface area contributed by atoms with E-state index < -0.39 is 17.8 Å². The summed E-state index contributed by atoms with van der Waals surface area (Å²) in [7, 11) is 6.24. The summed E-state index contributed by atoms with van der Waals surface area (Å²) < 4.78 is 31.5. The molecule has 0 bridgehead atoms. The molecule has 29 heavy (non-hydrogen) atoms. The lowest BCUT2D eigenvalue weighted by Gasteiger charge is -2.20. The van der Waals surface area contributed by atoms with Crippen LogP contribution < -0.4 is 19.5 Å². The summed E-state index contributed by atoms with van der Waals surface area (Å²) in [6.45, 7) is 0. The molecule has 1 unspecified atom stereocenters. The fourth-order valence-corrected chi connectivity index (χ4v) is 3.05. The number of benzene rings is 2. The van der Waals surface area contributed by atoms with Crippen molar-refractivity contribution in [3.8, 4) is 17.2 Å². The molecular weight excluding hydrogens is 377 g/mol. The number of carbonyl (C=O) groups is 1. The van der Waals surface area contributed by atoms with Gasteiger partial charge >= 0.3 is 0 Å². The molecule has 1 N–H and O–H groups in total. The standard InChI is InChI=1S/C21H22FN3O4/c1-25-9-8-23-20(25)19(13-6-5-7-14(22)10-13)24-21(26)15-11-17(28-3)18(29-4)12-16(15)27-2/h5-12,19H,1-4H3,(H,24,26). The molecule has 1 atom stereocenters. The molecule has 0 spiro atoms. The van der Waals surface area contributed by atoms with E-state index in [0.717, 1.165) is 0 Å². The highest BCUT2D eigenvalue weighted by Gasteiger charge is 2.25. The van der Waals surface area contributed by atoms with Crippen LogP contribution in [0.2, 0.25) is 0 Å². The number of hydrogen-bond donors (Lipinski definition) is 1. The molecule has 1 amide bonds. The monoisotopic (exact) mass is 399 g/mol. The summed E-state index contributed by atoms with van der Waals surface area (Å²) in [5.74, 6) is 0.866. The van der Waals surface area contributed by atoms with Gasteiger partial charge in [-0.25, -0.2) is 9.37 Å². The van der Waals surface area contributed by atoms with Gasteiger partial charge in [-0.3, -0.25) is 4.79 Å². The number of rotatable bonds is 7. The molecule has 7 nitrogen and oxygen atoms in total. The van der Waals surface area contributed by atoms with Crippen LogP contribution in [0.4, 0.5) is 4.39 Å². The highest BCUT2D eigenvalue weighted by atomic mass is 19.1. The van der Waals surface area contributed by atoms with Crippen LogP contribution in [0.25, 0.3) is 0 Å². The lowest BCUT2D eigenvalue weighted by Crippen LogP contribution is -2.31. The van der Waals surface area contributed by atoms with Crippen molar-refractivity contribution >= 4 is 5.91 Å². The zero-order chi connectivity index (χ0) is 21.0. The Kier molecular flexibility index (Phi) is 6.01. The number of ether oxygens (including phenoxy) is 3. The fourth-order valence-electron chi connectivity index (χ4n) is 3.05. The van der Waals surface area contributed by atoms with Gasteiger partial charge in [0.25, 0.3) is 5.91 Å². The van der Waals surface area contributed by atoms with Gasteiger partial charge in [-0.2, -0.15) is 0 Å². The minimum absolute atomic E-state index is 0.251. The predicted molar refractivity (Wildman–Crippen MR) is 105 cm³/mol. The molecule has 0 aliphatic carbocycles. The van der Waals surface area contributed by atoms with Gasteiger partial charge < -0.3 is 24.1 Å². The Bertz CT molecular complexity index is 1020. The average molecular weight is 399 g/mol. The highest BCUT2D eigenvalue weighted by Crippen LogP contribution is 2.35. The van der Waals surface area contributed by atoms with Crippen LogP contribution in [0.3, 0.4) is 0 Å². The third-order valence-corrected chi connectivity index (χ3v) is 4.52. The molecule has 8 heteroatoms. The number of methoxy groups -OCH3 is 3. The van der Waals surface area contributed by atoms with E-state index in [1.807, 2.05) is 0 Å². The molecule has 3 rings (SSSR count). The molecule has 0 fully saturated rings. The van der Waals surface area contributed by atoms with Crippen molar-refractivity contribution < 1.29 is 23.4 Å². The van der Waals surface area contributed by atoms with E-state index in [4.69, 9.17) is 14.2 Å². The van der Waals surface area contributed by atoms with E-state index in [1.54, 1.807) is 42.2 Å². The number of amides is 1. The maximum Gasteiger partial charge on any atom is 0.256 e. The number of halogens is 1. The second kappa shape index (κ2) is 8.64.